The fourth-order valence-electron chi connectivity index (χ4n) is 1.31. The minimum Gasteiger partial charge on any atom is -0.372 e. The second kappa shape index (κ2) is 8.46. The van der Waals surface area contributed by atoms with Gasteiger partial charge in [0, 0.05) is 13.1 Å². The number of carbonyl (C=O) groups is 2. The van der Waals surface area contributed by atoms with Crippen LogP contribution in [0.3, 0.4) is 0 Å². The Morgan fingerprint density at radius 2 is 1.88 bits per heavy atom. The molecular weight excluding hydrogens is 450 g/mol. The average molecular weight is 468 g/mol. The van der Waals surface area contributed by atoms with Gasteiger partial charge >= 0.3 is 0 Å². The van der Waals surface area contributed by atoms with E-state index in [-0.39, 0.29) is 17.4 Å². The third-order valence-electron chi connectivity index (χ3n) is 2.02. The zero-order valence-electron chi connectivity index (χ0n) is 10.0. The van der Waals surface area contributed by atoms with Crippen molar-refractivity contribution in [2.24, 2.45) is 5.73 Å². The van der Waals surface area contributed by atoms with Crippen molar-refractivity contribution in [3.63, 3.8) is 0 Å². The summed E-state index contributed by atoms with van der Waals surface area (Å²) in [6.45, 7) is 6.15. The summed E-state index contributed by atoms with van der Waals surface area (Å²) in [6.07, 6.45) is 0. The Labute approximate surface area is 129 Å². The fourth-order valence-corrected chi connectivity index (χ4v) is 1.80. The molecule has 0 radical (unpaired) electrons. The molecule has 1 saturated heterocycles. The van der Waals surface area contributed by atoms with Gasteiger partial charge in [-0.15, -0.1) is 0 Å². The van der Waals surface area contributed by atoms with Crippen LogP contribution in [0.4, 0.5) is 0 Å². The number of hydrogen-bond donors (Lipinski definition) is 1. The van der Waals surface area contributed by atoms with Gasteiger partial charge in [-0.05, 0) is 13.8 Å². The van der Waals surface area contributed by atoms with Crippen molar-refractivity contribution >= 4 is 57.0 Å². The van der Waals surface area contributed by atoms with Gasteiger partial charge in [0.05, 0.1) is 21.1 Å². The maximum atomic E-state index is 11.3. The Bertz CT molecular complexity index is 272. The number of amides is 2. The van der Waals surface area contributed by atoms with Crippen LogP contribution in [0.2, 0.25) is 0 Å². The fraction of sp³-hybridized carbons (Fsp3) is 0.800. The molecule has 0 aliphatic carbocycles. The summed E-state index contributed by atoms with van der Waals surface area (Å²) in [5.41, 5.74) is 4.48. The molecule has 0 unspecified atom stereocenters. The predicted octanol–water partition coefficient (Wildman–Crippen LogP) is 0.966. The second-order valence-corrected chi connectivity index (χ2v) is 5.68. The highest BCUT2D eigenvalue weighted by molar-refractivity contribution is 14.1. The lowest BCUT2D eigenvalue weighted by molar-refractivity contribution is -0.142. The van der Waals surface area contributed by atoms with Crippen molar-refractivity contribution in [1.82, 2.24) is 4.90 Å². The monoisotopic (exact) mass is 468 g/mol. The number of morpholine rings is 1. The van der Waals surface area contributed by atoms with Gasteiger partial charge in [0.25, 0.3) is 0 Å². The number of nitrogens with two attached hydrogens (primary N) is 1. The molecule has 0 bridgehead atoms. The molecule has 1 aliphatic rings. The van der Waals surface area contributed by atoms with Crippen LogP contribution < -0.4 is 5.73 Å². The molecule has 0 aromatic carbocycles. The van der Waals surface area contributed by atoms with Gasteiger partial charge in [0.1, 0.15) is 0 Å². The Balaban J connectivity index is 0.000000437. The van der Waals surface area contributed by atoms with E-state index >= 15 is 0 Å². The molecule has 1 rings (SSSR count). The molecule has 0 aromatic rings. The molecule has 5 nitrogen and oxygen atoms in total. The highest BCUT2D eigenvalue weighted by atomic mass is 127. The molecule has 1 aliphatic heterocycles. The normalized spacial score (nSPS) is 18.0. The molecule has 0 saturated carbocycles. The van der Waals surface area contributed by atoms with E-state index in [9.17, 15) is 9.59 Å². The van der Waals surface area contributed by atoms with Gasteiger partial charge in [0.15, 0.2) is 0 Å². The molecule has 1 heterocycles. The molecule has 2 N–H and O–H groups in total. The van der Waals surface area contributed by atoms with Gasteiger partial charge in [0.2, 0.25) is 11.8 Å². The first-order valence-corrected chi connectivity index (χ1v) is 8.19. The first kappa shape index (κ1) is 17.4. The summed E-state index contributed by atoms with van der Waals surface area (Å²) in [4.78, 5) is 22.8. The quantitative estimate of drug-likeness (QED) is 0.485. The van der Waals surface area contributed by atoms with Crippen LogP contribution in [0.25, 0.3) is 0 Å². The number of ether oxygens (including phenoxy) is 1. The second-order valence-electron chi connectivity index (χ2n) is 4.16. The van der Waals surface area contributed by atoms with E-state index in [1.807, 2.05) is 41.3 Å². The van der Waals surface area contributed by atoms with Gasteiger partial charge in [-0.1, -0.05) is 45.2 Å². The minimum absolute atomic E-state index is 0.167. The van der Waals surface area contributed by atoms with Crippen LogP contribution in [0, 0.1) is 0 Å². The highest BCUT2D eigenvalue weighted by Gasteiger charge is 2.29. The van der Waals surface area contributed by atoms with Crippen LogP contribution in [-0.2, 0) is 14.3 Å². The van der Waals surface area contributed by atoms with Crippen molar-refractivity contribution in [2.75, 3.05) is 28.6 Å². The summed E-state index contributed by atoms with van der Waals surface area (Å²) in [5, 5.41) is 0. The molecule has 0 spiro atoms. The van der Waals surface area contributed by atoms with Crippen LogP contribution in [0.5, 0.6) is 0 Å². The van der Waals surface area contributed by atoms with Crippen molar-refractivity contribution in [3.05, 3.63) is 0 Å². The first-order valence-electron chi connectivity index (χ1n) is 5.14. The van der Waals surface area contributed by atoms with Gasteiger partial charge in [-0.2, -0.15) is 0 Å². The molecular formula is C10H18I2N2O3. The zero-order chi connectivity index (χ0) is 13.5. The Morgan fingerprint density at radius 3 is 2.24 bits per heavy atom. The lowest BCUT2D eigenvalue weighted by Gasteiger charge is -2.37. The number of rotatable bonds is 2. The minimum atomic E-state index is -0.259. The lowest BCUT2D eigenvalue weighted by atomic mass is 10.1. The summed E-state index contributed by atoms with van der Waals surface area (Å²) >= 11 is 4.00. The number of alkyl halides is 2. The van der Waals surface area contributed by atoms with Crippen molar-refractivity contribution in [1.29, 1.82) is 0 Å². The Morgan fingerprint density at radius 1 is 1.35 bits per heavy atom. The van der Waals surface area contributed by atoms with E-state index in [0.29, 0.717) is 15.5 Å². The first-order chi connectivity index (χ1) is 7.82. The van der Waals surface area contributed by atoms with Crippen molar-refractivity contribution < 1.29 is 14.3 Å². The third kappa shape index (κ3) is 8.14. The van der Waals surface area contributed by atoms with Crippen molar-refractivity contribution in [2.45, 2.75) is 19.4 Å². The molecule has 17 heavy (non-hydrogen) atoms. The molecule has 100 valence electrons. The largest absolute Gasteiger partial charge is 0.372 e. The molecule has 1 fully saturated rings. The lowest BCUT2D eigenvalue weighted by Crippen LogP contribution is -2.50. The van der Waals surface area contributed by atoms with E-state index in [1.54, 1.807) is 0 Å². The molecule has 0 aromatic heterocycles. The van der Waals surface area contributed by atoms with Crippen LogP contribution in [-0.4, -0.2) is 50.9 Å². The van der Waals surface area contributed by atoms with Crippen LogP contribution >= 0.6 is 45.2 Å². The van der Waals surface area contributed by atoms with E-state index in [1.165, 1.54) is 0 Å². The van der Waals surface area contributed by atoms with E-state index in [2.05, 4.69) is 28.3 Å². The standard InChI is InChI=1S/C8H14INO2.C2H4INO/c1-8(2)6-10(3-4-12-8)7(11)5-9;3-1-2(4)5/h3-6H2,1-2H3;1H2,(H2,4,5). The van der Waals surface area contributed by atoms with Gasteiger partial charge < -0.3 is 15.4 Å². The summed E-state index contributed by atoms with van der Waals surface area (Å²) in [7, 11) is 0. The summed E-state index contributed by atoms with van der Waals surface area (Å²) in [5.74, 6) is -0.0439. The Kier molecular flexibility index (Phi) is 8.64. The average Bonchev–Trinajstić information content (AvgIpc) is 2.27. The number of carbonyl (C=O) groups excluding carboxylic acids is 2. The molecule has 7 heteroatoms. The van der Waals surface area contributed by atoms with Crippen molar-refractivity contribution in [3.8, 4) is 0 Å². The summed E-state index contributed by atoms with van der Waals surface area (Å²) in [6, 6.07) is 0. The van der Waals surface area contributed by atoms with Gasteiger partial charge in [-0.25, -0.2) is 0 Å². The van der Waals surface area contributed by atoms with Crippen LogP contribution in [0.1, 0.15) is 13.8 Å². The van der Waals surface area contributed by atoms with E-state index < -0.39 is 0 Å². The smallest absolute Gasteiger partial charge is 0.232 e. The topological polar surface area (TPSA) is 72.6 Å². The SMILES string of the molecule is CC1(C)CN(C(=O)CI)CCO1.NC(=O)CI. The van der Waals surface area contributed by atoms with E-state index in [0.717, 1.165) is 13.1 Å². The number of primary amides is 1. The molecule has 2 amide bonds. The predicted molar refractivity (Wildman–Crippen MR) is 83.6 cm³/mol. The Hall–Kier alpha value is 0.360. The maximum absolute atomic E-state index is 11.3. The third-order valence-corrected chi connectivity index (χ3v) is 3.43. The maximum Gasteiger partial charge on any atom is 0.232 e. The molecule has 0 atom stereocenters. The number of nitrogens with zero attached hydrogens (tertiary/aromatic N) is 1. The zero-order valence-corrected chi connectivity index (χ0v) is 14.4. The summed E-state index contributed by atoms with van der Waals surface area (Å²) < 4.78 is 6.47. The van der Waals surface area contributed by atoms with E-state index in [4.69, 9.17) is 4.74 Å². The van der Waals surface area contributed by atoms with Crippen LogP contribution in [0.15, 0.2) is 0 Å². The van der Waals surface area contributed by atoms with Gasteiger partial charge in [-0.3, -0.25) is 9.59 Å². The number of hydrogen-bond acceptors (Lipinski definition) is 3. The number of halogens is 2. The highest BCUT2D eigenvalue weighted by Crippen LogP contribution is 2.16.